The Labute approximate surface area is 80.2 Å². The fourth-order valence-electron chi connectivity index (χ4n) is 0.944. The van der Waals surface area contributed by atoms with Crippen LogP contribution in [0, 0.1) is 0 Å². The second kappa shape index (κ2) is 4.88. The maximum Gasteiger partial charge on any atom is 0.275 e. The molecule has 5 nitrogen and oxygen atoms in total. The molecule has 0 aliphatic rings. The highest BCUT2D eigenvalue weighted by Gasteiger charge is 2.15. The van der Waals surface area contributed by atoms with Gasteiger partial charge in [0.2, 0.25) is 0 Å². The summed E-state index contributed by atoms with van der Waals surface area (Å²) in [7, 11) is 0. The maximum absolute atomic E-state index is 11.5. The summed E-state index contributed by atoms with van der Waals surface area (Å²) in [6, 6.07) is 0. The second-order valence-electron chi connectivity index (χ2n) is 2.40. The van der Waals surface area contributed by atoms with Crippen LogP contribution in [0.25, 0.3) is 0 Å². The van der Waals surface area contributed by atoms with E-state index >= 15 is 0 Å². The molecule has 1 aromatic rings. The molecule has 72 valence electrons. The van der Waals surface area contributed by atoms with E-state index in [1.54, 1.807) is 5.38 Å². The number of hydrogen-bond acceptors (Lipinski definition) is 5. The molecular formula is C7H11N3O2S. The minimum Gasteiger partial charge on any atom is -0.395 e. The van der Waals surface area contributed by atoms with E-state index in [2.05, 4.69) is 9.59 Å². The quantitative estimate of drug-likeness (QED) is 0.744. The number of aliphatic hydroxyl groups excluding tert-OH is 1. The maximum atomic E-state index is 11.5. The summed E-state index contributed by atoms with van der Waals surface area (Å²) >= 11 is 1.14. The van der Waals surface area contributed by atoms with Gasteiger partial charge in [-0.3, -0.25) is 4.79 Å². The van der Waals surface area contributed by atoms with Gasteiger partial charge in [-0.15, -0.1) is 5.10 Å². The van der Waals surface area contributed by atoms with Gasteiger partial charge >= 0.3 is 0 Å². The summed E-state index contributed by atoms with van der Waals surface area (Å²) in [6.45, 7) is 2.73. The molecule has 0 bridgehead atoms. The number of nitrogens with zero attached hydrogens (tertiary/aromatic N) is 3. The molecule has 0 aromatic carbocycles. The van der Waals surface area contributed by atoms with E-state index < -0.39 is 0 Å². The first-order valence-corrected chi connectivity index (χ1v) is 4.80. The largest absolute Gasteiger partial charge is 0.395 e. The molecular weight excluding hydrogens is 190 g/mol. The van der Waals surface area contributed by atoms with Gasteiger partial charge in [0.1, 0.15) is 0 Å². The van der Waals surface area contributed by atoms with E-state index in [4.69, 9.17) is 5.11 Å². The molecule has 0 radical (unpaired) electrons. The zero-order chi connectivity index (χ0) is 9.68. The van der Waals surface area contributed by atoms with Crippen LogP contribution in [0.4, 0.5) is 0 Å². The highest BCUT2D eigenvalue weighted by Crippen LogP contribution is 2.02. The van der Waals surface area contributed by atoms with Crippen molar-refractivity contribution < 1.29 is 9.90 Å². The molecule has 1 N–H and O–H groups in total. The summed E-state index contributed by atoms with van der Waals surface area (Å²) in [6.07, 6.45) is 0. The van der Waals surface area contributed by atoms with Gasteiger partial charge < -0.3 is 10.0 Å². The van der Waals surface area contributed by atoms with E-state index in [-0.39, 0.29) is 12.5 Å². The number of likely N-dealkylation sites (N-methyl/N-ethyl adjacent to an activating group) is 1. The number of carbonyl (C=O) groups excluding carboxylic acids is 1. The molecule has 0 spiro atoms. The van der Waals surface area contributed by atoms with Crippen LogP contribution in [-0.4, -0.2) is 45.2 Å². The van der Waals surface area contributed by atoms with Gasteiger partial charge in [-0.05, 0) is 18.5 Å². The minimum absolute atomic E-state index is 0.0306. The first kappa shape index (κ1) is 10.1. The van der Waals surface area contributed by atoms with Crippen LogP contribution >= 0.6 is 11.5 Å². The Morgan fingerprint density at radius 2 is 2.54 bits per heavy atom. The Kier molecular flexibility index (Phi) is 3.78. The summed E-state index contributed by atoms with van der Waals surface area (Å²) in [5, 5.41) is 13.9. The summed E-state index contributed by atoms with van der Waals surface area (Å²) in [5.74, 6) is -0.176. The molecule has 1 heterocycles. The Morgan fingerprint density at radius 3 is 3.00 bits per heavy atom. The fraction of sp³-hybridized carbons (Fsp3) is 0.571. The van der Waals surface area contributed by atoms with Crippen molar-refractivity contribution in [1.29, 1.82) is 0 Å². The number of aromatic nitrogens is 2. The van der Waals surface area contributed by atoms with Gasteiger partial charge in [-0.25, -0.2) is 0 Å². The molecule has 0 atom stereocenters. The van der Waals surface area contributed by atoms with Crippen LogP contribution < -0.4 is 0 Å². The number of rotatable bonds is 4. The average Bonchev–Trinajstić information content (AvgIpc) is 2.65. The summed E-state index contributed by atoms with van der Waals surface area (Å²) in [4.78, 5) is 13.1. The van der Waals surface area contributed by atoms with Crippen LogP contribution in [0.1, 0.15) is 17.4 Å². The minimum atomic E-state index is -0.176. The van der Waals surface area contributed by atoms with Crippen molar-refractivity contribution in [2.75, 3.05) is 19.7 Å². The highest BCUT2D eigenvalue weighted by molar-refractivity contribution is 7.03. The SMILES string of the molecule is CCN(CCO)C(=O)c1csnn1. The third-order valence-electron chi connectivity index (χ3n) is 1.62. The second-order valence-corrected chi connectivity index (χ2v) is 3.01. The van der Waals surface area contributed by atoms with Gasteiger partial charge in [-0.2, -0.15) is 0 Å². The zero-order valence-corrected chi connectivity index (χ0v) is 8.12. The first-order chi connectivity index (χ1) is 6.29. The van der Waals surface area contributed by atoms with Gasteiger partial charge in [0.25, 0.3) is 5.91 Å². The Morgan fingerprint density at radius 1 is 1.77 bits per heavy atom. The van der Waals surface area contributed by atoms with Crippen LogP contribution in [0.15, 0.2) is 5.38 Å². The lowest BCUT2D eigenvalue weighted by molar-refractivity contribution is 0.0726. The first-order valence-electron chi connectivity index (χ1n) is 3.96. The van der Waals surface area contributed by atoms with E-state index in [9.17, 15) is 4.79 Å². The van der Waals surface area contributed by atoms with Crippen LogP contribution in [0.3, 0.4) is 0 Å². The lowest BCUT2D eigenvalue weighted by Crippen LogP contribution is -2.33. The molecule has 0 saturated heterocycles. The molecule has 1 amide bonds. The lowest BCUT2D eigenvalue weighted by atomic mass is 10.4. The number of aliphatic hydroxyl groups is 1. The Bertz CT molecular complexity index is 263. The molecule has 0 fully saturated rings. The predicted molar refractivity (Wildman–Crippen MR) is 48.6 cm³/mol. The smallest absolute Gasteiger partial charge is 0.275 e. The van der Waals surface area contributed by atoms with E-state index in [1.807, 2.05) is 6.92 Å². The van der Waals surface area contributed by atoms with E-state index in [0.29, 0.717) is 18.8 Å². The molecule has 1 aromatic heterocycles. The van der Waals surface area contributed by atoms with Crippen molar-refractivity contribution >= 4 is 17.4 Å². The molecule has 13 heavy (non-hydrogen) atoms. The van der Waals surface area contributed by atoms with E-state index in [1.165, 1.54) is 4.90 Å². The van der Waals surface area contributed by atoms with Crippen molar-refractivity contribution in [2.45, 2.75) is 6.92 Å². The number of carbonyl (C=O) groups is 1. The molecule has 0 unspecified atom stereocenters. The summed E-state index contributed by atoms with van der Waals surface area (Å²) in [5.41, 5.74) is 0.348. The topological polar surface area (TPSA) is 66.3 Å². The van der Waals surface area contributed by atoms with Gasteiger partial charge in [0.05, 0.1) is 6.61 Å². The van der Waals surface area contributed by atoms with Crippen LogP contribution in [0.2, 0.25) is 0 Å². The third-order valence-corrected chi connectivity index (χ3v) is 2.12. The number of hydrogen-bond donors (Lipinski definition) is 1. The monoisotopic (exact) mass is 201 g/mol. The molecule has 6 heteroatoms. The van der Waals surface area contributed by atoms with E-state index in [0.717, 1.165) is 11.5 Å². The van der Waals surface area contributed by atoms with Gasteiger partial charge in [0.15, 0.2) is 5.69 Å². The normalized spacial score (nSPS) is 10.0. The fourth-order valence-corrected chi connectivity index (χ4v) is 1.37. The molecule has 0 saturated carbocycles. The standard InChI is InChI=1S/C7H11N3O2S/c1-2-10(3-4-11)7(12)6-5-13-9-8-6/h5,11H,2-4H2,1H3. The summed E-state index contributed by atoms with van der Waals surface area (Å²) < 4.78 is 3.60. The van der Waals surface area contributed by atoms with Crippen molar-refractivity contribution in [3.05, 3.63) is 11.1 Å². The molecule has 0 aliphatic heterocycles. The van der Waals surface area contributed by atoms with Crippen molar-refractivity contribution in [3.8, 4) is 0 Å². The Hall–Kier alpha value is -1.01. The highest BCUT2D eigenvalue weighted by atomic mass is 32.1. The average molecular weight is 201 g/mol. The predicted octanol–water partition coefficient (Wildman–Crippen LogP) is -0.00750. The number of amides is 1. The van der Waals surface area contributed by atoms with Crippen LogP contribution in [-0.2, 0) is 0 Å². The molecule has 0 aliphatic carbocycles. The van der Waals surface area contributed by atoms with Crippen molar-refractivity contribution in [3.63, 3.8) is 0 Å². The van der Waals surface area contributed by atoms with Crippen molar-refractivity contribution in [1.82, 2.24) is 14.5 Å². The Balaban J connectivity index is 2.65. The zero-order valence-electron chi connectivity index (χ0n) is 7.30. The van der Waals surface area contributed by atoms with Gasteiger partial charge in [0, 0.05) is 18.5 Å². The van der Waals surface area contributed by atoms with Crippen LogP contribution in [0.5, 0.6) is 0 Å². The third kappa shape index (κ3) is 2.46. The van der Waals surface area contributed by atoms with Crippen molar-refractivity contribution in [2.24, 2.45) is 0 Å². The van der Waals surface area contributed by atoms with Gasteiger partial charge in [-0.1, -0.05) is 4.49 Å². The lowest BCUT2D eigenvalue weighted by Gasteiger charge is -2.17. The molecule has 1 rings (SSSR count).